The van der Waals surface area contributed by atoms with Crippen LogP contribution in [0.4, 0.5) is 0 Å². The zero-order valence-corrected chi connectivity index (χ0v) is 26.7. The van der Waals surface area contributed by atoms with Crippen molar-refractivity contribution in [3.8, 4) is 39.9 Å². The Morgan fingerprint density at radius 3 is 2.06 bits per heavy atom. The fraction of sp³-hybridized carbons (Fsp3) is 0. The smallest absolute Gasteiger partial charge is 0.238 e. The Bertz CT molecular complexity index is 3420. The largest absolute Gasteiger partial charge is 0.456 e. The van der Waals surface area contributed by atoms with Crippen molar-refractivity contribution < 1.29 is 15.7 Å². The molecule has 0 aliphatic rings. The first-order valence-electron chi connectivity index (χ1n) is 19.0. The molecule has 11 rings (SSSR count). The van der Waals surface area contributed by atoms with Gasteiger partial charge in [0.25, 0.3) is 0 Å². The highest BCUT2D eigenvalue weighted by atomic mass is 16.3. The van der Waals surface area contributed by atoms with Crippen molar-refractivity contribution >= 4 is 65.7 Å². The molecule has 4 heterocycles. The van der Waals surface area contributed by atoms with Gasteiger partial charge in [0.2, 0.25) is 5.95 Å². The third-order valence-corrected chi connectivity index (χ3v) is 9.56. The molecule has 0 amide bonds. The molecule has 0 bridgehead atoms. The molecular formula is C45H26N4O2. The Hall–Kier alpha value is -7.05. The van der Waals surface area contributed by atoms with E-state index >= 15 is 0 Å². The zero-order valence-electron chi connectivity index (χ0n) is 31.7. The van der Waals surface area contributed by atoms with Gasteiger partial charge in [-0.1, -0.05) is 115 Å². The van der Waals surface area contributed by atoms with Crippen molar-refractivity contribution in [2.45, 2.75) is 0 Å². The molecule has 11 aromatic rings. The SMILES string of the molecule is [2H]c1c([2H])c([2H])c(-c2nc(-c3ccc4c(c3)oc3cccc(-c5ccccc5)c34)nc(-n3c4ccccc4c4cc5oc6ccccc6c5cc43)n2)c([2H])c1[2H]. The molecule has 6 nitrogen and oxygen atoms in total. The summed E-state index contributed by atoms with van der Waals surface area (Å²) >= 11 is 0. The lowest BCUT2D eigenvalue weighted by Gasteiger charge is -2.11. The number of nitrogens with zero attached hydrogens (tertiary/aromatic N) is 4. The van der Waals surface area contributed by atoms with Crippen molar-refractivity contribution in [2.75, 3.05) is 0 Å². The molecule has 0 unspecified atom stereocenters. The minimum absolute atomic E-state index is 0.0566. The molecule has 0 saturated heterocycles. The second-order valence-electron chi connectivity index (χ2n) is 12.5. The molecule has 51 heavy (non-hydrogen) atoms. The predicted octanol–water partition coefficient (Wildman–Crippen LogP) is 11.8. The van der Waals surface area contributed by atoms with Crippen LogP contribution < -0.4 is 0 Å². The molecule has 7 aromatic carbocycles. The summed E-state index contributed by atoms with van der Waals surface area (Å²) in [6, 6.07) is 39.6. The summed E-state index contributed by atoms with van der Waals surface area (Å²) in [5, 5.41) is 5.64. The van der Waals surface area contributed by atoms with E-state index in [9.17, 15) is 0 Å². The molecule has 0 radical (unpaired) electrons. The van der Waals surface area contributed by atoms with Crippen LogP contribution >= 0.6 is 0 Å². The molecule has 0 saturated carbocycles. The van der Waals surface area contributed by atoms with Gasteiger partial charge in [-0.3, -0.25) is 4.57 Å². The van der Waals surface area contributed by atoms with Gasteiger partial charge < -0.3 is 8.83 Å². The lowest BCUT2D eigenvalue weighted by Crippen LogP contribution is -2.06. The van der Waals surface area contributed by atoms with E-state index in [1.807, 2.05) is 108 Å². The average molecular weight is 660 g/mol. The predicted molar refractivity (Wildman–Crippen MR) is 205 cm³/mol. The average Bonchev–Trinajstić information content (AvgIpc) is 3.90. The molecule has 0 spiro atoms. The second kappa shape index (κ2) is 10.7. The van der Waals surface area contributed by atoms with Crippen molar-refractivity contribution in [1.29, 1.82) is 0 Å². The molecular weight excluding hydrogens is 629 g/mol. The summed E-state index contributed by atoms with van der Waals surface area (Å²) < 4.78 is 57.5. The lowest BCUT2D eigenvalue weighted by atomic mass is 9.99. The number of hydrogen-bond acceptors (Lipinski definition) is 5. The summed E-state index contributed by atoms with van der Waals surface area (Å²) in [5.41, 5.74) is 7.08. The van der Waals surface area contributed by atoms with Gasteiger partial charge in [0, 0.05) is 43.4 Å². The van der Waals surface area contributed by atoms with Crippen molar-refractivity contribution in [1.82, 2.24) is 19.5 Å². The minimum Gasteiger partial charge on any atom is -0.456 e. The van der Waals surface area contributed by atoms with Crippen LogP contribution in [0.2, 0.25) is 0 Å². The van der Waals surface area contributed by atoms with E-state index in [0.717, 1.165) is 71.2 Å². The monoisotopic (exact) mass is 659 g/mol. The zero-order chi connectivity index (χ0) is 37.8. The molecule has 0 atom stereocenters. The van der Waals surface area contributed by atoms with Gasteiger partial charge in [-0.15, -0.1) is 0 Å². The standard InChI is InChI=1S/C45H26N4O2/c1-3-12-27(13-4-1)30-18-11-21-39-42(30)33-23-22-29(24-40(33)51-39)44-46-43(28-14-5-2-6-15-28)47-45(48-44)49-36-19-9-7-16-31(36)34-26-41-35(25-37(34)49)32-17-8-10-20-38(32)50-41/h1-26H/i2D,5D,6D,14D,15D. The highest BCUT2D eigenvalue weighted by Gasteiger charge is 2.21. The molecule has 238 valence electrons. The van der Waals surface area contributed by atoms with Crippen LogP contribution in [0, 0.1) is 0 Å². The highest BCUT2D eigenvalue weighted by Crippen LogP contribution is 2.40. The van der Waals surface area contributed by atoms with Crippen LogP contribution in [-0.4, -0.2) is 19.5 Å². The quantitative estimate of drug-likeness (QED) is 0.188. The molecule has 0 aliphatic carbocycles. The second-order valence-corrected chi connectivity index (χ2v) is 12.5. The first kappa shape index (κ1) is 23.3. The number of benzene rings is 7. The topological polar surface area (TPSA) is 69.9 Å². The number of fused-ring (bicyclic) bond motifs is 9. The van der Waals surface area contributed by atoms with Gasteiger partial charge in [0.1, 0.15) is 22.3 Å². The van der Waals surface area contributed by atoms with Crippen LogP contribution in [0.5, 0.6) is 0 Å². The van der Waals surface area contributed by atoms with E-state index in [1.165, 1.54) is 0 Å². The van der Waals surface area contributed by atoms with Gasteiger partial charge in [0.05, 0.1) is 17.9 Å². The lowest BCUT2D eigenvalue weighted by molar-refractivity contribution is 0.669. The maximum absolute atomic E-state index is 8.86. The van der Waals surface area contributed by atoms with Gasteiger partial charge in [0.15, 0.2) is 11.6 Å². The molecule has 0 aliphatic heterocycles. The fourth-order valence-corrected chi connectivity index (χ4v) is 7.29. The van der Waals surface area contributed by atoms with Gasteiger partial charge >= 0.3 is 0 Å². The Kier molecular flexibility index (Phi) is 4.91. The van der Waals surface area contributed by atoms with Gasteiger partial charge in [-0.25, -0.2) is 4.98 Å². The van der Waals surface area contributed by atoms with Gasteiger partial charge in [-0.2, -0.15) is 9.97 Å². The van der Waals surface area contributed by atoms with E-state index in [2.05, 4.69) is 24.3 Å². The summed E-state index contributed by atoms with van der Waals surface area (Å²) in [5.74, 6) is 0.397. The maximum atomic E-state index is 8.86. The van der Waals surface area contributed by atoms with Crippen molar-refractivity contribution in [2.24, 2.45) is 0 Å². The number of para-hydroxylation sites is 2. The molecule has 4 aromatic heterocycles. The Morgan fingerprint density at radius 1 is 0.451 bits per heavy atom. The van der Waals surface area contributed by atoms with Crippen molar-refractivity contribution in [3.05, 3.63) is 158 Å². The van der Waals surface area contributed by atoms with Gasteiger partial charge in [-0.05, 0) is 53.6 Å². The number of furan rings is 2. The summed E-state index contributed by atoms with van der Waals surface area (Å²) in [6.45, 7) is 0. The summed E-state index contributed by atoms with van der Waals surface area (Å²) in [4.78, 5) is 14.8. The first-order valence-corrected chi connectivity index (χ1v) is 16.5. The van der Waals surface area contributed by atoms with E-state index < -0.39 is 30.2 Å². The number of rotatable bonds is 4. The Labute approximate surface area is 297 Å². The maximum Gasteiger partial charge on any atom is 0.238 e. The first-order chi connectivity index (χ1) is 27.3. The molecule has 6 heteroatoms. The minimum atomic E-state index is -0.498. The van der Waals surface area contributed by atoms with E-state index in [0.29, 0.717) is 11.1 Å². The third kappa shape index (κ3) is 4.26. The molecule has 0 N–H and O–H groups in total. The van der Waals surface area contributed by atoms with E-state index in [-0.39, 0.29) is 23.2 Å². The van der Waals surface area contributed by atoms with Crippen LogP contribution in [0.25, 0.3) is 106 Å². The Morgan fingerprint density at radius 2 is 1.18 bits per heavy atom. The Balaban J connectivity index is 1.20. The van der Waals surface area contributed by atoms with E-state index in [1.54, 1.807) is 0 Å². The van der Waals surface area contributed by atoms with Crippen LogP contribution in [0.1, 0.15) is 6.85 Å². The third-order valence-electron chi connectivity index (χ3n) is 9.56. The van der Waals surface area contributed by atoms with Crippen LogP contribution in [0.15, 0.2) is 166 Å². The van der Waals surface area contributed by atoms with E-state index in [4.69, 9.17) is 30.6 Å². The summed E-state index contributed by atoms with van der Waals surface area (Å²) in [7, 11) is 0. The highest BCUT2D eigenvalue weighted by molar-refractivity contribution is 6.17. The van der Waals surface area contributed by atoms with Crippen molar-refractivity contribution in [3.63, 3.8) is 0 Å². The van der Waals surface area contributed by atoms with Crippen LogP contribution in [-0.2, 0) is 0 Å². The fourth-order valence-electron chi connectivity index (χ4n) is 7.29. The number of aromatic nitrogens is 4. The molecule has 0 fully saturated rings. The van der Waals surface area contributed by atoms with Crippen LogP contribution in [0.3, 0.4) is 0 Å². The summed E-state index contributed by atoms with van der Waals surface area (Å²) in [6.07, 6.45) is 0. The number of hydrogen-bond donors (Lipinski definition) is 0. The normalized spacial score (nSPS) is 13.3.